The highest BCUT2D eigenvalue weighted by atomic mass is 79.9. The summed E-state index contributed by atoms with van der Waals surface area (Å²) in [6, 6.07) is 22.0. The van der Waals surface area contributed by atoms with E-state index in [0.29, 0.717) is 21.4 Å². The van der Waals surface area contributed by atoms with Crippen LogP contribution in [0, 0.1) is 11.8 Å². The molecule has 2 amide bonds. The zero-order valence-corrected chi connectivity index (χ0v) is 20.5. The highest BCUT2D eigenvalue weighted by Crippen LogP contribution is 2.47. The number of aromatic hydroxyl groups is 1. The first kappa shape index (κ1) is 24.6. The number of hydrogen-bond donors (Lipinski definition) is 4. The van der Waals surface area contributed by atoms with Gasteiger partial charge >= 0.3 is 0 Å². The third kappa shape index (κ3) is 5.28. The van der Waals surface area contributed by atoms with E-state index in [1.54, 1.807) is 66.7 Å². The molecule has 1 aliphatic rings. The lowest BCUT2D eigenvalue weighted by molar-refractivity contribution is -0.150. The Hall–Kier alpha value is -3.49. The Kier molecular flexibility index (Phi) is 7.05. The van der Waals surface area contributed by atoms with Gasteiger partial charge in [-0.05, 0) is 64.8 Å². The summed E-state index contributed by atoms with van der Waals surface area (Å²) in [5, 5.41) is 26.9. The molecule has 3 aromatic carbocycles. The number of amides is 2. The van der Waals surface area contributed by atoms with Gasteiger partial charge in [-0.2, -0.15) is 0 Å². The number of hydrogen-bond acceptors (Lipinski definition) is 5. The maximum atomic E-state index is 13.6. The summed E-state index contributed by atoms with van der Waals surface area (Å²) >= 11 is 3.28. The average molecular weight is 537 g/mol. The Morgan fingerprint density at radius 2 is 1.46 bits per heavy atom. The summed E-state index contributed by atoms with van der Waals surface area (Å²) in [6.07, 6.45) is -0.359. The minimum Gasteiger partial charge on any atom is -0.507 e. The van der Waals surface area contributed by atoms with E-state index in [2.05, 4.69) is 26.6 Å². The summed E-state index contributed by atoms with van der Waals surface area (Å²) in [7, 11) is 0. The number of halogens is 1. The summed E-state index contributed by atoms with van der Waals surface area (Å²) in [4.78, 5) is 40.3. The van der Waals surface area contributed by atoms with Gasteiger partial charge in [-0.25, -0.2) is 0 Å². The van der Waals surface area contributed by atoms with Gasteiger partial charge in [0.2, 0.25) is 11.8 Å². The fourth-order valence-electron chi connectivity index (χ4n) is 4.71. The zero-order chi connectivity index (χ0) is 25.2. The van der Waals surface area contributed by atoms with Crippen LogP contribution in [0.5, 0.6) is 5.75 Å². The molecule has 35 heavy (non-hydrogen) atoms. The minimum atomic E-state index is -1.71. The van der Waals surface area contributed by atoms with Gasteiger partial charge in [-0.15, -0.1) is 0 Å². The van der Waals surface area contributed by atoms with E-state index < -0.39 is 41.0 Å². The maximum Gasteiger partial charge on any atom is 0.235 e. The average Bonchev–Trinajstić information content (AvgIpc) is 2.81. The molecule has 4 unspecified atom stereocenters. The Bertz CT molecular complexity index is 1250. The number of rotatable bonds is 5. The van der Waals surface area contributed by atoms with Gasteiger partial charge in [-0.1, -0.05) is 42.5 Å². The van der Waals surface area contributed by atoms with Crippen LogP contribution in [0.3, 0.4) is 0 Å². The van der Waals surface area contributed by atoms with E-state index in [0.717, 1.165) is 0 Å². The number of aliphatic hydroxyl groups is 1. The Labute approximate surface area is 211 Å². The first-order valence-corrected chi connectivity index (χ1v) is 11.9. The molecular formula is C27H25BrN2O5. The zero-order valence-electron chi connectivity index (χ0n) is 18.9. The second kappa shape index (κ2) is 10.0. The topological polar surface area (TPSA) is 116 Å². The number of phenols is 1. The summed E-state index contributed by atoms with van der Waals surface area (Å²) in [5.74, 6) is -4.94. The number of phenolic OH excluding ortho intramolecular Hbond substituents is 1. The molecule has 0 radical (unpaired) electrons. The number of nitrogens with one attached hydrogen (secondary N) is 2. The van der Waals surface area contributed by atoms with Gasteiger partial charge < -0.3 is 20.8 Å². The number of carbonyl (C=O) groups is 3. The predicted octanol–water partition coefficient (Wildman–Crippen LogP) is 4.47. The maximum absolute atomic E-state index is 13.6. The lowest BCUT2D eigenvalue weighted by atomic mass is 9.61. The van der Waals surface area contributed by atoms with E-state index in [1.807, 2.05) is 6.07 Å². The molecule has 180 valence electrons. The normalized spacial score (nSPS) is 24.0. The van der Waals surface area contributed by atoms with Crippen LogP contribution >= 0.6 is 15.9 Å². The molecule has 7 nitrogen and oxygen atoms in total. The van der Waals surface area contributed by atoms with Crippen molar-refractivity contribution in [2.75, 3.05) is 10.6 Å². The van der Waals surface area contributed by atoms with Gasteiger partial charge in [0, 0.05) is 23.7 Å². The molecule has 4 atom stereocenters. The van der Waals surface area contributed by atoms with Gasteiger partial charge in [0.15, 0.2) is 0 Å². The molecule has 0 aromatic heterocycles. The molecular weight excluding hydrogens is 512 g/mol. The van der Waals surface area contributed by atoms with Crippen molar-refractivity contribution in [3.63, 3.8) is 0 Å². The molecule has 3 aromatic rings. The molecule has 0 spiro atoms. The lowest BCUT2D eigenvalue weighted by Gasteiger charge is -2.44. The van der Waals surface area contributed by atoms with Crippen molar-refractivity contribution in [2.24, 2.45) is 11.8 Å². The van der Waals surface area contributed by atoms with E-state index in [9.17, 15) is 24.6 Å². The van der Waals surface area contributed by atoms with Gasteiger partial charge in [0.1, 0.15) is 17.5 Å². The number of benzene rings is 3. The standard InChI is InChI=1S/C27H25BrN2O5/c1-27(35)15-21(32)23(25(33)29-17-8-4-2-5-9-17)22(16-12-13-20(31)19(28)14-16)24(27)26(34)30-18-10-6-3-7-11-18/h2-14,22-24,31,35H,15H2,1H3,(H,29,33)(H,30,34). The largest absolute Gasteiger partial charge is 0.507 e. The summed E-state index contributed by atoms with van der Waals surface area (Å²) in [6.45, 7) is 1.44. The van der Waals surface area contributed by atoms with Crippen LogP contribution in [0.25, 0.3) is 0 Å². The quantitative estimate of drug-likeness (QED) is 0.359. The number of carbonyl (C=O) groups excluding carboxylic acids is 3. The van der Waals surface area contributed by atoms with Crippen LogP contribution in [0.1, 0.15) is 24.8 Å². The van der Waals surface area contributed by atoms with Gasteiger partial charge in [0.05, 0.1) is 16.0 Å². The minimum absolute atomic E-state index is 0.0294. The first-order valence-electron chi connectivity index (χ1n) is 11.1. The van der Waals surface area contributed by atoms with E-state index >= 15 is 0 Å². The Morgan fingerprint density at radius 3 is 2.00 bits per heavy atom. The van der Waals surface area contributed by atoms with Crippen molar-refractivity contribution in [1.29, 1.82) is 0 Å². The Balaban J connectivity index is 1.79. The lowest BCUT2D eigenvalue weighted by Crippen LogP contribution is -2.56. The molecule has 8 heteroatoms. The first-order chi connectivity index (χ1) is 16.7. The fraction of sp³-hybridized carbons (Fsp3) is 0.222. The smallest absolute Gasteiger partial charge is 0.235 e. The van der Waals surface area contributed by atoms with E-state index in [-0.39, 0.29) is 12.2 Å². The molecule has 4 rings (SSSR count). The number of ketones is 1. The van der Waals surface area contributed by atoms with Crippen LogP contribution in [0.15, 0.2) is 83.3 Å². The number of para-hydroxylation sites is 2. The number of Topliss-reactive ketones (excluding diaryl/α,β-unsaturated/α-hetero) is 1. The van der Waals surface area contributed by atoms with Gasteiger partial charge in [-0.3, -0.25) is 14.4 Å². The van der Waals surface area contributed by atoms with E-state index in [4.69, 9.17) is 0 Å². The molecule has 1 aliphatic carbocycles. The Morgan fingerprint density at radius 1 is 0.914 bits per heavy atom. The highest BCUT2D eigenvalue weighted by molar-refractivity contribution is 9.10. The second-order valence-electron chi connectivity index (χ2n) is 8.90. The van der Waals surface area contributed by atoms with Gasteiger partial charge in [0.25, 0.3) is 0 Å². The van der Waals surface area contributed by atoms with Crippen LogP contribution in [-0.2, 0) is 14.4 Å². The van der Waals surface area contributed by atoms with E-state index in [1.165, 1.54) is 13.0 Å². The SMILES string of the molecule is CC1(O)CC(=O)C(C(=O)Nc2ccccc2)C(c2ccc(O)c(Br)c2)C1C(=O)Nc1ccccc1. The third-order valence-electron chi connectivity index (χ3n) is 6.27. The molecule has 0 saturated heterocycles. The predicted molar refractivity (Wildman–Crippen MR) is 136 cm³/mol. The molecule has 1 fully saturated rings. The van der Waals surface area contributed by atoms with Crippen LogP contribution < -0.4 is 10.6 Å². The third-order valence-corrected chi connectivity index (χ3v) is 6.91. The molecule has 0 aliphatic heterocycles. The molecule has 0 bridgehead atoms. The van der Waals surface area contributed by atoms with Crippen molar-refractivity contribution < 1.29 is 24.6 Å². The van der Waals surface area contributed by atoms with Crippen molar-refractivity contribution in [1.82, 2.24) is 0 Å². The monoisotopic (exact) mass is 536 g/mol. The van der Waals surface area contributed by atoms with Crippen molar-refractivity contribution >= 4 is 44.9 Å². The van der Waals surface area contributed by atoms with Crippen molar-refractivity contribution in [3.05, 3.63) is 88.9 Å². The van der Waals surface area contributed by atoms with Crippen molar-refractivity contribution in [2.45, 2.75) is 24.9 Å². The van der Waals surface area contributed by atoms with Crippen LogP contribution in [-0.4, -0.2) is 33.4 Å². The highest BCUT2D eigenvalue weighted by Gasteiger charge is 2.56. The second-order valence-corrected chi connectivity index (χ2v) is 9.76. The fourth-order valence-corrected chi connectivity index (χ4v) is 5.10. The van der Waals surface area contributed by atoms with Crippen molar-refractivity contribution in [3.8, 4) is 5.75 Å². The molecule has 4 N–H and O–H groups in total. The number of anilines is 2. The summed E-state index contributed by atoms with van der Waals surface area (Å²) in [5.41, 5.74) is -0.210. The van der Waals surface area contributed by atoms with Crippen LogP contribution in [0.2, 0.25) is 0 Å². The molecule has 1 saturated carbocycles. The van der Waals surface area contributed by atoms with Crippen LogP contribution in [0.4, 0.5) is 11.4 Å². The molecule has 0 heterocycles. The summed E-state index contributed by atoms with van der Waals surface area (Å²) < 4.78 is 0.345.